The Morgan fingerprint density at radius 2 is 2.50 bits per heavy atom. The number of aromatic nitrogens is 2. The molecular formula is C9H8N2O. The molecule has 0 spiro atoms. The Morgan fingerprint density at radius 3 is 3.50 bits per heavy atom. The number of pyridine rings is 1. The van der Waals surface area contributed by atoms with Gasteiger partial charge in [-0.3, -0.25) is 0 Å². The molecule has 0 fully saturated rings. The predicted molar refractivity (Wildman–Crippen MR) is 45.3 cm³/mol. The minimum atomic E-state index is 0.793. The lowest BCUT2D eigenvalue weighted by molar-refractivity contribution is 0.356. The number of nitrogens with one attached hydrogen (secondary N) is 1. The van der Waals surface area contributed by atoms with Gasteiger partial charge in [0.05, 0.1) is 12.8 Å². The van der Waals surface area contributed by atoms with Gasteiger partial charge in [-0.1, -0.05) is 0 Å². The van der Waals surface area contributed by atoms with Crippen molar-refractivity contribution in [3.8, 4) is 5.75 Å². The van der Waals surface area contributed by atoms with Crippen LogP contribution in [0.3, 0.4) is 0 Å². The molecule has 2 aromatic rings. The normalized spacial score (nSPS) is 14.7. The number of fused-ring (bicyclic) bond motifs is 3. The van der Waals surface area contributed by atoms with Crippen molar-refractivity contribution in [1.82, 2.24) is 9.97 Å². The lowest BCUT2D eigenvalue weighted by atomic mass is 10.1. The second-order valence-electron chi connectivity index (χ2n) is 2.94. The molecule has 0 unspecified atom stereocenters. The summed E-state index contributed by atoms with van der Waals surface area (Å²) < 4.78 is 5.40. The third-order valence-corrected chi connectivity index (χ3v) is 2.27. The number of hydrogen-bond donors (Lipinski definition) is 1. The van der Waals surface area contributed by atoms with Gasteiger partial charge in [0, 0.05) is 23.6 Å². The summed E-state index contributed by atoms with van der Waals surface area (Å²) in [6.45, 7) is 0.793. The Balaban J connectivity index is 2.46. The molecule has 0 saturated carbocycles. The summed E-state index contributed by atoms with van der Waals surface area (Å²) in [5, 5.41) is 1.20. The molecule has 3 heterocycles. The third kappa shape index (κ3) is 0.630. The fraction of sp³-hybridized carbons (Fsp3) is 0.222. The summed E-state index contributed by atoms with van der Waals surface area (Å²) in [6, 6.07) is 2.05. The first-order valence-electron chi connectivity index (χ1n) is 4.03. The van der Waals surface area contributed by atoms with Crippen LogP contribution in [-0.2, 0) is 6.42 Å². The Labute approximate surface area is 69.4 Å². The highest BCUT2D eigenvalue weighted by Gasteiger charge is 2.15. The zero-order chi connectivity index (χ0) is 7.97. The van der Waals surface area contributed by atoms with E-state index in [-0.39, 0.29) is 0 Å². The first-order valence-corrected chi connectivity index (χ1v) is 4.03. The van der Waals surface area contributed by atoms with Gasteiger partial charge in [-0.25, -0.2) is 4.98 Å². The van der Waals surface area contributed by atoms with E-state index < -0.39 is 0 Å². The Kier molecular flexibility index (Phi) is 1.01. The summed E-state index contributed by atoms with van der Waals surface area (Å²) >= 11 is 0. The smallest absolute Gasteiger partial charge is 0.141 e. The first kappa shape index (κ1) is 6.06. The number of ether oxygens (including phenoxy) is 1. The van der Waals surface area contributed by atoms with Crippen molar-refractivity contribution < 1.29 is 4.74 Å². The fourth-order valence-electron chi connectivity index (χ4n) is 1.69. The molecule has 3 nitrogen and oxygen atoms in total. The van der Waals surface area contributed by atoms with Crippen LogP contribution < -0.4 is 4.74 Å². The van der Waals surface area contributed by atoms with E-state index >= 15 is 0 Å². The van der Waals surface area contributed by atoms with Crippen LogP contribution in [0.15, 0.2) is 18.5 Å². The molecule has 3 rings (SSSR count). The van der Waals surface area contributed by atoms with Crippen molar-refractivity contribution in [3.63, 3.8) is 0 Å². The molecule has 0 saturated heterocycles. The lowest BCUT2D eigenvalue weighted by Crippen LogP contribution is -1.86. The van der Waals surface area contributed by atoms with Gasteiger partial charge in [0.2, 0.25) is 0 Å². The molecule has 0 aromatic carbocycles. The molecule has 3 heteroatoms. The molecule has 1 aliphatic heterocycles. The van der Waals surface area contributed by atoms with Crippen molar-refractivity contribution in [2.75, 3.05) is 6.61 Å². The van der Waals surface area contributed by atoms with Crippen molar-refractivity contribution in [2.24, 2.45) is 0 Å². The van der Waals surface area contributed by atoms with E-state index in [0.29, 0.717) is 0 Å². The second-order valence-corrected chi connectivity index (χ2v) is 2.94. The maximum absolute atomic E-state index is 5.40. The van der Waals surface area contributed by atoms with Crippen LogP contribution in [0.1, 0.15) is 5.56 Å². The van der Waals surface area contributed by atoms with Gasteiger partial charge in [0.15, 0.2) is 0 Å². The monoisotopic (exact) mass is 160 g/mol. The van der Waals surface area contributed by atoms with Crippen molar-refractivity contribution in [2.45, 2.75) is 6.42 Å². The van der Waals surface area contributed by atoms with Gasteiger partial charge in [-0.05, 0) is 6.07 Å². The number of rotatable bonds is 0. The maximum Gasteiger partial charge on any atom is 0.141 e. The molecule has 2 aromatic heterocycles. The largest absolute Gasteiger partial charge is 0.491 e. The molecular weight excluding hydrogens is 152 g/mol. The zero-order valence-corrected chi connectivity index (χ0v) is 6.50. The number of H-pyrrole nitrogens is 1. The SMILES string of the molecule is c1cc2c3c(cnc2[nH]1)OCC3. The maximum atomic E-state index is 5.40. The van der Waals surface area contributed by atoms with Gasteiger partial charge >= 0.3 is 0 Å². The van der Waals surface area contributed by atoms with Crippen molar-refractivity contribution in [3.05, 3.63) is 24.0 Å². The van der Waals surface area contributed by atoms with Gasteiger partial charge < -0.3 is 9.72 Å². The molecule has 1 N–H and O–H groups in total. The molecule has 0 amide bonds. The van der Waals surface area contributed by atoms with E-state index in [1.165, 1.54) is 10.9 Å². The number of aromatic amines is 1. The minimum absolute atomic E-state index is 0.793. The van der Waals surface area contributed by atoms with Crippen molar-refractivity contribution >= 4 is 11.0 Å². The summed E-state index contributed by atoms with van der Waals surface area (Å²) in [4.78, 5) is 7.31. The Bertz CT molecular complexity index is 433. The summed E-state index contributed by atoms with van der Waals surface area (Å²) in [5.41, 5.74) is 2.25. The third-order valence-electron chi connectivity index (χ3n) is 2.27. The van der Waals surface area contributed by atoms with Crippen LogP contribution in [0.4, 0.5) is 0 Å². The van der Waals surface area contributed by atoms with Gasteiger partial charge in [-0.2, -0.15) is 0 Å². The standard InChI is InChI=1S/C9H8N2O/c1-3-10-9-7(1)6-2-4-12-8(6)5-11-9/h1,3,5H,2,4H2,(H,10,11). The molecule has 1 aliphatic rings. The molecule has 0 radical (unpaired) electrons. The minimum Gasteiger partial charge on any atom is -0.491 e. The molecule has 12 heavy (non-hydrogen) atoms. The van der Waals surface area contributed by atoms with E-state index in [2.05, 4.69) is 16.0 Å². The van der Waals surface area contributed by atoms with E-state index in [1.54, 1.807) is 6.20 Å². The number of nitrogens with zero attached hydrogens (tertiary/aromatic N) is 1. The Morgan fingerprint density at radius 1 is 1.50 bits per heavy atom. The van der Waals surface area contributed by atoms with E-state index in [0.717, 1.165) is 24.4 Å². The molecule has 0 bridgehead atoms. The van der Waals surface area contributed by atoms with Crippen LogP contribution in [0, 0.1) is 0 Å². The van der Waals surface area contributed by atoms with E-state index in [1.807, 2.05) is 6.20 Å². The van der Waals surface area contributed by atoms with Crippen LogP contribution in [0.5, 0.6) is 5.75 Å². The predicted octanol–water partition coefficient (Wildman–Crippen LogP) is 1.50. The topological polar surface area (TPSA) is 37.9 Å². The van der Waals surface area contributed by atoms with Crippen molar-refractivity contribution in [1.29, 1.82) is 0 Å². The summed E-state index contributed by atoms with van der Waals surface area (Å²) in [6.07, 6.45) is 4.71. The highest BCUT2D eigenvalue weighted by atomic mass is 16.5. The van der Waals surface area contributed by atoms with Gasteiger partial charge in [0.25, 0.3) is 0 Å². The highest BCUT2D eigenvalue weighted by Crippen LogP contribution is 2.29. The fourth-order valence-corrected chi connectivity index (χ4v) is 1.69. The first-order chi connectivity index (χ1) is 5.95. The summed E-state index contributed by atoms with van der Waals surface area (Å²) in [7, 11) is 0. The quantitative estimate of drug-likeness (QED) is 0.634. The van der Waals surface area contributed by atoms with Crippen LogP contribution in [-0.4, -0.2) is 16.6 Å². The van der Waals surface area contributed by atoms with Crippen LogP contribution in [0.2, 0.25) is 0 Å². The van der Waals surface area contributed by atoms with E-state index in [4.69, 9.17) is 4.74 Å². The number of hydrogen-bond acceptors (Lipinski definition) is 2. The summed E-state index contributed by atoms with van der Waals surface area (Å²) in [5.74, 6) is 0.946. The molecule has 0 aliphatic carbocycles. The Hall–Kier alpha value is -1.51. The van der Waals surface area contributed by atoms with Gasteiger partial charge in [0.1, 0.15) is 11.4 Å². The molecule has 60 valence electrons. The molecule has 0 atom stereocenters. The zero-order valence-electron chi connectivity index (χ0n) is 6.50. The second kappa shape index (κ2) is 2.00. The van der Waals surface area contributed by atoms with Crippen LogP contribution in [0.25, 0.3) is 11.0 Å². The van der Waals surface area contributed by atoms with Gasteiger partial charge in [-0.15, -0.1) is 0 Å². The average Bonchev–Trinajstić information content (AvgIpc) is 2.71. The highest BCUT2D eigenvalue weighted by molar-refractivity contribution is 5.82. The van der Waals surface area contributed by atoms with E-state index in [9.17, 15) is 0 Å². The lowest BCUT2D eigenvalue weighted by Gasteiger charge is -1.97. The average molecular weight is 160 g/mol. The van der Waals surface area contributed by atoms with Crippen LogP contribution >= 0.6 is 0 Å².